The van der Waals surface area contributed by atoms with Gasteiger partial charge >= 0.3 is 0 Å². The molecule has 4 rings (SSSR count). The van der Waals surface area contributed by atoms with Crippen molar-refractivity contribution in [2.24, 2.45) is 5.10 Å². The van der Waals surface area contributed by atoms with E-state index < -0.39 is 0 Å². The molecule has 0 radical (unpaired) electrons. The number of hydrazone groups is 1. The molecule has 1 aliphatic heterocycles. The van der Waals surface area contributed by atoms with E-state index in [9.17, 15) is 4.79 Å². The Bertz CT molecular complexity index is 1040. The first-order chi connectivity index (χ1) is 14.7. The van der Waals surface area contributed by atoms with Crippen LogP contribution in [-0.4, -0.2) is 46.7 Å². The molecule has 30 heavy (non-hydrogen) atoms. The van der Waals surface area contributed by atoms with Crippen LogP contribution in [0.1, 0.15) is 31.2 Å². The second-order valence-corrected chi connectivity index (χ2v) is 7.23. The SMILES string of the molecule is COc1ccc(/C(CCC(=O)N2CCCC2)=N/Nc2ncnc3ccccc23)cc1. The Morgan fingerprint density at radius 1 is 1.07 bits per heavy atom. The third kappa shape index (κ3) is 4.56. The van der Waals surface area contributed by atoms with Gasteiger partial charge in [-0.25, -0.2) is 9.97 Å². The van der Waals surface area contributed by atoms with E-state index in [1.54, 1.807) is 7.11 Å². The Morgan fingerprint density at radius 3 is 2.60 bits per heavy atom. The molecule has 0 bridgehead atoms. The highest BCUT2D eigenvalue weighted by atomic mass is 16.5. The lowest BCUT2D eigenvalue weighted by Gasteiger charge is -2.16. The summed E-state index contributed by atoms with van der Waals surface area (Å²) >= 11 is 0. The number of rotatable bonds is 7. The van der Waals surface area contributed by atoms with Gasteiger partial charge in [0.2, 0.25) is 5.91 Å². The first-order valence-corrected chi connectivity index (χ1v) is 10.2. The number of carbonyl (C=O) groups is 1. The first-order valence-electron chi connectivity index (χ1n) is 10.2. The van der Waals surface area contributed by atoms with E-state index in [0.29, 0.717) is 18.7 Å². The fourth-order valence-electron chi connectivity index (χ4n) is 3.61. The lowest BCUT2D eigenvalue weighted by Crippen LogP contribution is -2.28. The van der Waals surface area contributed by atoms with Crippen LogP contribution in [-0.2, 0) is 4.79 Å². The Labute approximate surface area is 175 Å². The van der Waals surface area contributed by atoms with Gasteiger partial charge in [0.15, 0.2) is 5.82 Å². The van der Waals surface area contributed by atoms with Crippen LogP contribution in [0.25, 0.3) is 10.9 Å². The minimum atomic E-state index is 0.182. The summed E-state index contributed by atoms with van der Waals surface area (Å²) < 4.78 is 5.26. The van der Waals surface area contributed by atoms with Gasteiger partial charge in [0.1, 0.15) is 12.1 Å². The number of hydrogen-bond donors (Lipinski definition) is 1. The van der Waals surface area contributed by atoms with E-state index in [1.807, 2.05) is 53.4 Å². The molecule has 1 saturated heterocycles. The minimum absolute atomic E-state index is 0.182. The number of ether oxygens (including phenoxy) is 1. The Morgan fingerprint density at radius 2 is 1.83 bits per heavy atom. The van der Waals surface area contributed by atoms with Gasteiger partial charge < -0.3 is 9.64 Å². The lowest BCUT2D eigenvalue weighted by molar-refractivity contribution is -0.129. The number of benzene rings is 2. The summed E-state index contributed by atoms with van der Waals surface area (Å²) in [6.07, 6.45) is 4.67. The first kappa shape index (κ1) is 19.8. The second kappa shape index (κ2) is 9.35. The molecule has 7 nitrogen and oxygen atoms in total. The van der Waals surface area contributed by atoms with Crippen LogP contribution in [0.15, 0.2) is 60.0 Å². The molecule has 0 unspecified atom stereocenters. The number of fused-ring (bicyclic) bond motifs is 1. The third-order valence-corrected chi connectivity index (χ3v) is 5.30. The van der Waals surface area contributed by atoms with Crippen molar-refractivity contribution in [2.45, 2.75) is 25.7 Å². The number of nitrogens with one attached hydrogen (secondary N) is 1. The summed E-state index contributed by atoms with van der Waals surface area (Å²) in [6, 6.07) is 15.5. The van der Waals surface area contributed by atoms with Crippen molar-refractivity contribution in [2.75, 3.05) is 25.6 Å². The molecule has 0 spiro atoms. The monoisotopic (exact) mass is 403 g/mol. The molecule has 2 aromatic carbocycles. The van der Waals surface area contributed by atoms with Gasteiger partial charge in [0.05, 0.1) is 18.3 Å². The lowest BCUT2D eigenvalue weighted by atomic mass is 10.1. The maximum absolute atomic E-state index is 12.5. The predicted molar refractivity (Wildman–Crippen MR) is 118 cm³/mol. The van der Waals surface area contributed by atoms with E-state index in [0.717, 1.165) is 53.9 Å². The predicted octanol–water partition coefficient (Wildman–Crippen LogP) is 3.86. The Balaban J connectivity index is 1.57. The Hall–Kier alpha value is -3.48. The van der Waals surface area contributed by atoms with Gasteiger partial charge in [-0.15, -0.1) is 0 Å². The number of aromatic nitrogens is 2. The topological polar surface area (TPSA) is 79.7 Å². The van der Waals surface area contributed by atoms with Crippen LogP contribution >= 0.6 is 0 Å². The average molecular weight is 403 g/mol. The highest BCUT2D eigenvalue weighted by molar-refractivity contribution is 6.03. The normalized spacial score (nSPS) is 14.2. The minimum Gasteiger partial charge on any atom is -0.497 e. The fraction of sp³-hybridized carbons (Fsp3) is 0.304. The number of carbonyl (C=O) groups excluding carboxylic acids is 1. The number of amides is 1. The van der Waals surface area contributed by atoms with Gasteiger partial charge in [-0.05, 0) is 54.8 Å². The summed E-state index contributed by atoms with van der Waals surface area (Å²) in [5, 5.41) is 5.53. The number of methoxy groups -OCH3 is 1. The van der Waals surface area contributed by atoms with Crippen molar-refractivity contribution in [3.05, 3.63) is 60.4 Å². The summed E-state index contributed by atoms with van der Waals surface area (Å²) in [5.74, 6) is 1.60. The molecule has 1 fully saturated rings. The highest BCUT2D eigenvalue weighted by Gasteiger charge is 2.18. The van der Waals surface area contributed by atoms with Crippen LogP contribution in [0.3, 0.4) is 0 Å². The zero-order chi connectivity index (χ0) is 20.8. The number of anilines is 1. The summed E-state index contributed by atoms with van der Waals surface area (Å²) in [4.78, 5) is 23.1. The van der Waals surface area contributed by atoms with Gasteiger partial charge in [-0.3, -0.25) is 10.2 Å². The van der Waals surface area contributed by atoms with Gasteiger partial charge in [0, 0.05) is 31.3 Å². The molecule has 0 atom stereocenters. The van der Waals surface area contributed by atoms with Crippen molar-refractivity contribution in [1.29, 1.82) is 0 Å². The summed E-state index contributed by atoms with van der Waals surface area (Å²) in [5.41, 5.74) is 5.68. The zero-order valence-corrected chi connectivity index (χ0v) is 17.0. The van der Waals surface area contributed by atoms with Crippen molar-refractivity contribution >= 4 is 28.3 Å². The quantitative estimate of drug-likeness (QED) is 0.479. The van der Waals surface area contributed by atoms with E-state index in [-0.39, 0.29) is 5.91 Å². The molecule has 1 aliphatic rings. The average Bonchev–Trinajstić information content (AvgIpc) is 3.34. The summed E-state index contributed by atoms with van der Waals surface area (Å²) in [7, 11) is 1.64. The van der Waals surface area contributed by atoms with Gasteiger partial charge in [-0.1, -0.05) is 12.1 Å². The molecule has 1 N–H and O–H groups in total. The van der Waals surface area contributed by atoms with Crippen LogP contribution < -0.4 is 10.2 Å². The largest absolute Gasteiger partial charge is 0.497 e. The molecule has 0 saturated carbocycles. The number of para-hydroxylation sites is 1. The molecule has 0 aliphatic carbocycles. The maximum atomic E-state index is 12.5. The molecule has 1 aromatic heterocycles. The van der Waals surface area contributed by atoms with E-state index >= 15 is 0 Å². The van der Waals surface area contributed by atoms with E-state index in [2.05, 4.69) is 20.5 Å². The summed E-state index contributed by atoms with van der Waals surface area (Å²) in [6.45, 7) is 1.72. The molecular weight excluding hydrogens is 378 g/mol. The van der Waals surface area contributed by atoms with E-state index in [4.69, 9.17) is 4.74 Å². The smallest absolute Gasteiger partial charge is 0.222 e. The van der Waals surface area contributed by atoms with Crippen molar-refractivity contribution < 1.29 is 9.53 Å². The van der Waals surface area contributed by atoms with Crippen LogP contribution in [0.2, 0.25) is 0 Å². The van der Waals surface area contributed by atoms with Crippen LogP contribution in [0.4, 0.5) is 5.82 Å². The van der Waals surface area contributed by atoms with Crippen LogP contribution in [0, 0.1) is 0 Å². The molecule has 7 heteroatoms. The van der Waals surface area contributed by atoms with Gasteiger partial charge in [-0.2, -0.15) is 5.10 Å². The molecule has 3 aromatic rings. The Kier molecular flexibility index (Phi) is 6.17. The molecule has 2 heterocycles. The molecular formula is C23H25N5O2. The number of hydrogen-bond acceptors (Lipinski definition) is 6. The third-order valence-electron chi connectivity index (χ3n) is 5.30. The number of nitrogens with zero attached hydrogens (tertiary/aromatic N) is 4. The van der Waals surface area contributed by atoms with Gasteiger partial charge in [0.25, 0.3) is 0 Å². The van der Waals surface area contributed by atoms with Crippen molar-refractivity contribution in [3.63, 3.8) is 0 Å². The molecule has 154 valence electrons. The standard InChI is InChI=1S/C23H25N5O2/c1-30-18-10-8-17(9-11-18)20(12-13-22(29)28-14-4-5-15-28)26-27-23-19-6-2-3-7-21(19)24-16-25-23/h2-3,6-11,16H,4-5,12-15H2,1H3,(H,24,25,27)/b26-20+. The highest BCUT2D eigenvalue weighted by Crippen LogP contribution is 2.20. The fourth-order valence-corrected chi connectivity index (χ4v) is 3.61. The second-order valence-electron chi connectivity index (χ2n) is 7.23. The van der Waals surface area contributed by atoms with E-state index in [1.165, 1.54) is 6.33 Å². The maximum Gasteiger partial charge on any atom is 0.222 e. The zero-order valence-electron chi connectivity index (χ0n) is 17.0. The number of likely N-dealkylation sites (tertiary alicyclic amines) is 1. The van der Waals surface area contributed by atoms with Crippen molar-refractivity contribution in [3.8, 4) is 5.75 Å². The van der Waals surface area contributed by atoms with Crippen LogP contribution in [0.5, 0.6) is 5.75 Å². The molecule has 1 amide bonds. The van der Waals surface area contributed by atoms with Crippen molar-refractivity contribution in [1.82, 2.24) is 14.9 Å².